The summed E-state index contributed by atoms with van der Waals surface area (Å²) in [6.45, 7) is 5.62. The van der Waals surface area contributed by atoms with E-state index in [0.717, 1.165) is 66.7 Å². The van der Waals surface area contributed by atoms with Gasteiger partial charge in [0, 0.05) is 37.1 Å². The smallest absolute Gasteiger partial charge is 0.264 e. The number of carbonyl (C=O) groups excluding carboxylic acids is 1. The maximum Gasteiger partial charge on any atom is 0.264 e. The van der Waals surface area contributed by atoms with Crippen molar-refractivity contribution in [2.45, 2.75) is 57.7 Å². The third-order valence-corrected chi connectivity index (χ3v) is 7.58. The fourth-order valence-corrected chi connectivity index (χ4v) is 5.85. The summed E-state index contributed by atoms with van der Waals surface area (Å²) in [4.78, 5) is 39.9. The number of thiophene rings is 1. The second-order valence-electron chi connectivity index (χ2n) is 8.50. The number of hydrogen-bond donors (Lipinski definition) is 1. The maximum absolute atomic E-state index is 13.0. The highest BCUT2D eigenvalue weighted by molar-refractivity contribution is 7.13. The highest BCUT2D eigenvalue weighted by Crippen LogP contribution is 2.34. The number of nitrogens with zero attached hydrogens (tertiary/aromatic N) is 3. The largest absolute Gasteiger partial charge is 0.381 e. The number of aryl methyl sites for hydroxylation is 1. The van der Waals surface area contributed by atoms with Gasteiger partial charge in [0.05, 0.1) is 28.7 Å². The first-order valence-electron chi connectivity index (χ1n) is 10.9. The molecule has 0 saturated carbocycles. The van der Waals surface area contributed by atoms with Gasteiger partial charge in [-0.05, 0) is 51.3 Å². The predicted molar refractivity (Wildman–Crippen MR) is 115 cm³/mol. The van der Waals surface area contributed by atoms with Crippen LogP contribution in [0.1, 0.15) is 63.4 Å². The average Bonchev–Trinajstić information content (AvgIpc) is 3.43. The average molecular weight is 429 g/mol. The van der Waals surface area contributed by atoms with Gasteiger partial charge in [-0.25, -0.2) is 4.98 Å². The monoisotopic (exact) mass is 428 g/mol. The molecule has 0 radical (unpaired) electrons. The van der Waals surface area contributed by atoms with Gasteiger partial charge in [0.1, 0.15) is 5.82 Å². The van der Waals surface area contributed by atoms with E-state index in [4.69, 9.17) is 9.72 Å². The summed E-state index contributed by atoms with van der Waals surface area (Å²) in [5.74, 6) is 0.806. The van der Waals surface area contributed by atoms with Gasteiger partial charge in [0.25, 0.3) is 11.5 Å². The Kier molecular flexibility index (Phi) is 5.47. The number of aromatic amines is 1. The number of aromatic nitrogens is 2. The van der Waals surface area contributed by atoms with Gasteiger partial charge in [-0.1, -0.05) is 0 Å². The lowest BCUT2D eigenvalue weighted by molar-refractivity contribution is 0.0277. The molecule has 1 atom stereocenters. The lowest BCUT2D eigenvalue weighted by atomic mass is 10.0. The number of amides is 1. The lowest BCUT2D eigenvalue weighted by Gasteiger charge is -2.35. The summed E-state index contributed by atoms with van der Waals surface area (Å²) in [7, 11) is 0. The van der Waals surface area contributed by atoms with Crippen molar-refractivity contribution in [1.29, 1.82) is 0 Å². The van der Waals surface area contributed by atoms with E-state index >= 15 is 0 Å². The third kappa shape index (κ3) is 3.72. The Hall–Kier alpha value is -2.03. The molecule has 0 aliphatic carbocycles. The standard InChI is InChI=1S/C22H28N4O3S/c1-14-4-5-19(30-14)22(28)25-10-6-17-16(13-25)21(27)24-20(23-17)18-3-2-9-26(18)15-7-11-29-12-8-15/h4-5,15,18H,2-3,6-13H2,1H3,(H,23,24,27). The van der Waals surface area contributed by atoms with Crippen LogP contribution < -0.4 is 5.56 Å². The Morgan fingerprint density at radius 2 is 2.07 bits per heavy atom. The molecule has 3 aliphatic rings. The number of H-pyrrole nitrogens is 1. The van der Waals surface area contributed by atoms with Crippen molar-refractivity contribution in [3.63, 3.8) is 0 Å². The molecule has 30 heavy (non-hydrogen) atoms. The van der Waals surface area contributed by atoms with E-state index in [-0.39, 0.29) is 17.5 Å². The maximum atomic E-state index is 13.0. The molecule has 2 aromatic rings. The molecule has 3 aliphatic heterocycles. The summed E-state index contributed by atoms with van der Waals surface area (Å²) in [6.07, 6.45) is 4.88. The Morgan fingerprint density at radius 1 is 1.23 bits per heavy atom. The first-order chi connectivity index (χ1) is 14.6. The molecule has 1 amide bonds. The van der Waals surface area contributed by atoms with Gasteiger partial charge in [-0.2, -0.15) is 0 Å². The fourth-order valence-electron chi connectivity index (χ4n) is 5.02. The van der Waals surface area contributed by atoms with Crippen LogP contribution in [-0.4, -0.2) is 58.0 Å². The molecule has 2 fully saturated rings. The van der Waals surface area contributed by atoms with Crippen LogP contribution in [0.15, 0.2) is 16.9 Å². The summed E-state index contributed by atoms with van der Waals surface area (Å²) in [5.41, 5.74) is 1.41. The first-order valence-corrected chi connectivity index (χ1v) is 11.7. The Labute approximate surface area is 180 Å². The molecular formula is C22H28N4O3S. The van der Waals surface area contributed by atoms with E-state index in [1.807, 2.05) is 19.1 Å². The third-order valence-electron chi connectivity index (χ3n) is 6.59. The normalized spacial score (nSPS) is 23.0. The molecule has 7 nitrogen and oxygen atoms in total. The number of fused-ring (bicyclic) bond motifs is 1. The molecule has 5 heterocycles. The van der Waals surface area contributed by atoms with Crippen molar-refractivity contribution in [3.05, 3.63) is 49.3 Å². The van der Waals surface area contributed by atoms with Crippen LogP contribution in [0.3, 0.4) is 0 Å². The van der Waals surface area contributed by atoms with Crippen LogP contribution in [0.25, 0.3) is 0 Å². The molecule has 1 N–H and O–H groups in total. The van der Waals surface area contributed by atoms with Crippen LogP contribution >= 0.6 is 11.3 Å². The molecular weight excluding hydrogens is 400 g/mol. The summed E-state index contributed by atoms with van der Waals surface area (Å²) >= 11 is 1.50. The zero-order chi connectivity index (χ0) is 20.7. The minimum atomic E-state index is -0.0892. The van der Waals surface area contributed by atoms with E-state index in [0.29, 0.717) is 31.1 Å². The second kappa shape index (κ2) is 8.24. The number of likely N-dealkylation sites (tertiary alicyclic amines) is 1. The summed E-state index contributed by atoms with van der Waals surface area (Å²) in [5, 5.41) is 0. The Balaban J connectivity index is 1.37. The molecule has 2 aromatic heterocycles. The van der Waals surface area contributed by atoms with Crippen LogP contribution in [-0.2, 0) is 17.7 Å². The number of rotatable bonds is 3. The van der Waals surface area contributed by atoms with Crippen molar-refractivity contribution < 1.29 is 9.53 Å². The molecule has 0 spiro atoms. The van der Waals surface area contributed by atoms with Crippen molar-refractivity contribution in [2.75, 3.05) is 26.3 Å². The molecule has 1 unspecified atom stereocenters. The topological polar surface area (TPSA) is 78.5 Å². The van der Waals surface area contributed by atoms with Crippen molar-refractivity contribution in [1.82, 2.24) is 19.8 Å². The van der Waals surface area contributed by atoms with Gasteiger partial charge in [-0.3, -0.25) is 14.5 Å². The number of nitrogens with one attached hydrogen (secondary N) is 1. The predicted octanol–water partition coefficient (Wildman–Crippen LogP) is 2.65. The first kappa shape index (κ1) is 19.9. The molecule has 0 aromatic carbocycles. The van der Waals surface area contributed by atoms with Crippen LogP contribution in [0.5, 0.6) is 0 Å². The van der Waals surface area contributed by atoms with E-state index in [9.17, 15) is 9.59 Å². The zero-order valence-electron chi connectivity index (χ0n) is 17.4. The summed E-state index contributed by atoms with van der Waals surface area (Å²) in [6, 6.07) is 4.52. The van der Waals surface area contributed by atoms with Gasteiger partial charge >= 0.3 is 0 Å². The van der Waals surface area contributed by atoms with Gasteiger partial charge in [0.2, 0.25) is 0 Å². The van der Waals surface area contributed by atoms with Crippen molar-refractivity contribution >= 4 is 17.2 Å². The minimum Gasteiger partial charge on any atom is -0.381 e. The highest BCUT2D eigenvalue weighted by Gasteiger charge is 2.35. The lowest BCUT2D eigenvalue weighted by Crippen LogP contribution is -2.42. The minimum absolute atomic E-state index is 0.00344. The quantitative estimate of drug-likeness (QED) is 0.813. The van der Waals surface area contributed by atoms with Gasteiger partial charge in [0.15, 0.2) is 0 Å². The zero-order valence-corrected chi connectivity index (χ0v) is 18.2. The summed E-state index contributed by atoms with van der Waals surface area (Å²) < 4.78 is 5.52. The number of hydrogen-bond acceptors (Lipinski definition) is 6. The van der Waals surface area contributed by atoms with E-state index in [2.05, 4.69) is 9.88 Å². The van der Waals surface area contributed by atoms with Gasteiger partial charge in [-0.15, -0.1) is 11.3 Å². The van der Waals surface area contributed by atoms with Crippen molar-refractivity contribution in [3.8, 4) is 0 Å². The van der Waals surface area contributed by atoms with Crippen LogP contribution in [0.4, 0.5) is 0 Å². The highest BCUT2D eigenvalue weighted by atomic mass is 32.1. The SMILES string of the molecule is Cc1ccc(C(=O)N2CCc3nc(C4CCCN4C4CCOCC4)[nH]c(=O)c3C2)s1. The second-order valence-corrected chi connectivity index (χ2v) is 9.79. The molecule has 8 heteroatoms. The Morgan fingerprint density at radius 3 is 2.83 bits per heavy atom. The van der Waals surface area contributed by atoms with Crippen LogP contribution in [0.2, 0.25) is 0 Å². The fraction of sp³-hybridized carbons (Fsp3) is 0.591. The van der Waals surface area contributed by atoms with Gasteiger partial charge < -0.3 is 14.6 Å². The molecule has 2 saturated heterocycles. The molecule has 0 bridgehead atoms. The van der Waals surface area contributed by atoms with E-state index in [1.54, 1.807) is 4.90 Å². The van der Waals surface area contributed by atoms with Crippen molar-refractivity contribution in [2.24, 2.45) is 0 Å². The molecule has 160 valence electrons. The molecule has 5 rings (SSSR count). The van der Waals surface area contributed by atoms with Crippen LogP contribution in [0, 0.1) is 6.92 Å². The number of carbonyl (C=O) groups is 1. The number of ether oxygens (including phenoxy) is 1. The van der Waals surface area contributed by atoms with E-state index in [1.165, 1.54) is 11.3 Å². The Bertz CT molecular complexity index is 995. The van der Waals surface area contributed by atoms with E-state index < -0.39 is 0 Å².